The fraction of sp³-hybridized carbons (Fsp3) is 0.533. The van der Waals surface area contributed by atoms with E-state index in [0.717, 1.165) is 0 Å². The second-order valence-electron chi connectivity index (χ2n) is 6.04. The van der Waals surface area contributed by atoms with Crippen molar-refractivity contribution in [1.82, 2.24) is 0 Å². The van der Waals surface area contributed by atoms with Crippen LogP contribution in [0.5, 0.6) is 0 Å². The molecule has 0 bridgehead atoms. The summed E-state index contributed by atoms with van der Waals surface area (Å²) in [5.74, 6) is -0.389. The fourth-order valence-electron chi connectivity index (χ4n) is 1.57. The number of anilines is 1. The van der Waals surface area contributed by atoms with Gasteiger partial charge in [0.05, 0.1) is 5.69 Å². The van der Waals surface area contributed by atoms with E-state index in [1.165, 1.54) is 6.07 Å². The number of benzene rings is 1. The summed E-state index contributed by atoms with van der Waals surface area (Å²) in [5, 5.41) is 2.61. The van der Waals surface area contributed by atoms with Gasteiger partial charge in [-0.15, -0.1) is 0 Å². The van der Waals surface area contributed by atoms with Crippen molar-refractivity contribution in [2.24, 2.45) is 17.1 Å². The molecule has 0 aliphatic heterocycles. The Balaban J connectivity index is 2.67. The third kappa shape index (κ3) is 4.63. The number of carbonyl (C=O) groups is 1. The summed E-state index contributed by atoms with van der Waals surface area (Å²) in [6.45, 7) is 8.56. The molecule has 19 heavy (non-hydrogen) atoms. The van der Waals surface area contributed by atoms with Gasteiger partial charge >= 0.3 is 0 Å². The average Bonchev–Trinajstić information content (AvgIpc) is 2.30. The third-order valence-electron chi connectivity index (χ3n) is 3.51. The smallest absolute Gasteiger partial charge is 0.224 e. The standard InChI is InChI=1S/C15H23FN2O/c1-10(15(2,3)4)7-14(19)18-13-6-5-11(9-17)8-12(13)16/h5-6,8,10H,7,9,17H2,1-4H3,(H,18,19). The second-order valence-corrected chi connectivity index (χ2v) is 6.04. The number of carbonyl (C=O) groups excluding carboxylic acids is 1. The minimum absolute atomic E-state index is 0.0549. The topological polar surface area (TPSA) is 55.1 Å². The van der Waals surface area contributed by atoms with Crippen LogP contribution in [0.1, 0.15) is 39.7 Å². The van der Waals surface area contributed by atoms with Crippen LogP contribution in [0.2, 0.25) is 0 Å². The minimum Gasteiger partial charge on any atom is -0.326 e. The summed E-state index contributed by atoms with van der Waals surface area (Å²) in [6.07, 6.45) is 0.377. The van der Waals surface area contributed by atoms with E-state index in [0.29, 0.717) is 12.0 Å². The van der Waals surface area contributed by atoms with E-state index >= 15 is 0 Å². The van der Waals surface area contributed by atoms with Crippen LogP contribution in [-0.2, 0) is 11.3 Å². The van der Waals surface area contributed by atoms with Gasteiger partial charge in [0, 0.05) is 13.0 Å². The van der Waals surface area contributed by atoms with E-state index in [9.17, 15) is 9.18 Å². The van der Waals surface area contributed by atoms with Crippen LogP contribution in [0.4, 0.5) is 10.1 Å². The highest BCUT2D eigenvalue weighted by atomic mass is 19.1. The Kier molecular flexibility index (Phi) is 5.06. The summed E-state index contributed by atoms with van der Waals surface area (Å²) in [7, 11) is 0. The number of rotatable bonds is 4. The third-order valence-corrected chi connectivity index (χ3v) is 3.51. The lowest BCUT2D eigenvalue weighted by Crippen LogP contribution is -2.24. The molecule has 1 rings (SSSR count). The molecule has 1 unspecified atom stereocenters. The Morgan fingerprint density at radius 2 is 2.05 bits per heavy atom. The lowest BCUT2D eigenvalue weighted by molar-refractivity contribution is -0.117. The van der Waals surface area contributed by atoms with Crippen molar-refractivity contribution in [2.75, 3.05) is 5.32 Å². The van der Waals surface area contributed by atoms with Crippen molar-refractivity contribution in [2.45, 2.75) is 40.7 Å². The van der Waals surface area contributed by atoms with Crippen LogP contribution in [0.15, 0.2) is 18.2 Å². The highest BCUT2D eigenvalue weighted by molar-refractivity contribution is 5.91. The SMILES string of the molecule is CC(CC(=O)Nc1ccc(CN)cc1F)C(C)(C)C. The first-order valence-corrected chi connectivity index (χ1v) is 6.52. The molecular weight excluding hydrogens is 243 g/mol. The lowest BCUT2D eigenvalue weighted by atomic mass is 9.80. The summed E-state index contributed by atoms with van der Waals surface area (Å²) in [6, 6.07) is 4.62. The Morgan fingerprint density at radius 1 is 1.42 bits per heavy atom. The van der Waals surface area contributed by atoms with Gasteiger partial charge in [-0.3, -0.25) is 4.79 Å². The molecule has 0 saturated carbocycles. The van der Waals surface area contributed by atoms with Crippen LogP contribution >= 0.6 is 0 Å². The average molecular weight is 266 g/mol. The van der Waals surface area contributed by atoms with Gasteiger partial charge in [0.1, 0.15) is 5.82 Å². The quantitative estimate of drug-likeness (QED) is 0.878. The molecule has 0 heterocycles. The number of halogens is 1. The Labute approximate surface area is 114 Å². The van der Waals surface area contributed by atoms with E-state index in [-0.39, 0.29) is 29.5 Å². The molecule has 1 atom stereocenters. The summed E-state index contributed by atoms with van der Waals surface area (Å²) in [5.41, 5.74) is 6.40. The molecule has 1 aromatic rings. The lowest BCUT2D eigenvalue weighted by Gasteiger charge is -2.26. The van der Waals surface area contributed by atoms with Gasteiger partial charge in [0.2, 0.25) is 5.91 Å². The van der Waals surface area contributed by atoms with Crippen molar-refractivity contribution in [3.63, 3.8) is 0 Å². The van der Waals surface area contributed by atoms with Crippen molar-refractivity contribution in [1.29, 1.82) is 0 Å². The first-order valence-electron chi connectivity index (χ1n) is 6.52. The van der Waals surface area contributed by atoms with Crippen LogP contribution in [0.3, 0.4) is 0 Å². The molecular formula is C15H23FN2O. The first kappa shape index (κ1) is 15.6. The van der Waals surface area contributed by atoms with Gasteiger partial charge in [0.15, 0.2) is 0 Å². The Bertz CT molecular complexity index is 452. The largest absolute Gasteiger partial charge is 0.326 e. The van der Waals surface area contributed by atoms with Gasteiger partial charge < -0.3 is 11.1 Å². The van der Waals surface area contributed by atoms with Crippen molar-refractivity contribution in [3.05, 3.63) is 29.6 Å². The van der Waals surface area contributed by atoms with Crippen LogP contribution in [0.25, 0.3) is 0 Å². The highest BCUT2D eigenvalue weighted by Gasteiger charge is 2.22. The predicted octanol–water partition coefficient (Wildman–Crippen LogP) is 3.30. The maximum Gasteiger partial charge on any atom is 0.224 e. The molecule has 0 radical (unpaired) electrons. The predicted molar refractivity (Wildman–Crippen MR) is 76.2 cm³/mol. The number of hydrogen-bond donors (Lipinski definition) is 2. The first-order chi connectivity index (χ1) is 8.74. The van der Waals surface area contributed by atoms with Crippen LogP contribution in [0, 0.1) is 17.2 Å². The second kappa shape index (κ2) is 6.15. The van der Waals surface area contributed by atoms with Crippen LogP contribution < -0.4 is 11.1 Å². The number of amides is 1. The number of nitrogens with two attached hydrogens (primary N) is 1. The normalized spacial score (nSPS) is 13.2. The maximum absolute atomic E-state index is 13.7. The van der Waals surface area contributed by atoms with E-state index in [1.807, 2.05) is 6.92 Å². The summed E-state index contributed by atoms with van der Waals surface area (Å²) < 4.78 is 13.7. The molecule has 0 aliphatic rings. The fourth-order valence-corrected chi connectivity index (χ4v) is 1.57. The molecule has 0 aromatic heterocycles. The van der Waals surface area contributed by atoms with E-state index < -0.39 is 5.82 Å². The van der Waals surface area contributed by atoms with Crippen LogP contribution in [-0.4, -0.2) is 5.91 Å². The van der Waals surface area contributed by atoms with Gasteiger partial charge in [0.25, 0.3) is 0 Å². The number of hydrogen-bond acceptors (Lipinski definition) is 2. The number of nitrogens with one attached hydrogen (secondary N) is 1. The van der Waals surface area contributed by atoms with Gasteiger partial charge in [-0.2, -0.15) is 0 Å². The molecule has 1 amide bonds. The molecule has 0 spiro atoms. The molecule has 1 aromatic carbocycles. The molecule has 106 valence electrons. The maximum atomic E-state index is 13.7. The van der Waals surface area contributed by atoms with Gasteiger partial charge in [-0.1, -0.05) is 33.8 Å². The van der Waals surface area contributed by atoms with E-state index in [2.05, 4.69) is 26.1 Å². The molecule has 3 N–H and O–H groups in total. The Morgan fingerprint density at radius 3 is 2.53 bits per heavy atom. The highest BCUT2D eigenvalue weighted by Crippen LogP contribution is 2.28. The van der Waals surface area contributed by atoms with Gasteiger partial charge in [-0.25, -0.2) is 4.39 Å². The molecule has 3 nitrogen and oxygen atoms in total. The summed E-state index contributed by atoms with van der Waals surface area (Å²) in [4.78, 5) is 11.9. The Hall–Kier alpha value is -1.42. The molecule has 0 aliphatic carbocycles. The van der Waals surface area contributed by atoms with E-state index in [1.54, 1.807) is 12.1 Å². The zero-order chi connectivity index (χ0) is 14.6. The van der Waals surface area contributed by atoms with Crippen molar-refractivity contribution in [3.8, 4) is 0 Å². The summed E-state index contributed by atoms with van der Waals surface area (Å²) >= 11 is 0. The van der Waals surface area contributed by atoms with Crippen molar-refractivity contribution >= 4 is 11.6 Å². The van der Waals surface area contributed by atoms with Crippen molar-refractivity contribution < 1.29 is 9.18 Å². The molecule has 0 fully saturated rings. The minimum atomic E-state index is -0.445. The molecule has 0 saturated heterocycles. The molecule has 4 heteroatoms. The zero-order valence-corrected chi connectivity index (χ0v) is 12.1. The zero-order valence-electron chi connectivity index (χ0n) is 12.1. The monoisotopic (exact) mass is 266 g/mol. The van der Waals surface area contributed by atoms with E-state index in [4.69, 9.17) is 5.73 Å². The van der Waals surface area contributed by atoms with Gasteiger partial charge in [-0.05, 0) is 29.0 Å².